The molecular formula is C11H22N2O. The van der Waals surface area contributed by atoms with Crippen LogP contribution in [0.1, 0.15) is 39.0 Å². The van der Waals surface area contributed by atoms with Crippen LogP contribution < -0.4 is 5.73 Å². The molecule has 0 heterocycles. The van der Waals surface area contributed by atoms with Crippen molar-refractivity contribution in [3.8, 4) is 0 Å². The molecule has 0 aromatic carbocycles. The Balaban J connectivity index is 2.32. The Morgan fingerprint density at radius 2 is 2.21 bits per heavy atom. The number of rotatable bonds is 4. The highest BCUT2D eigenvalue weighted by atomic mass is 16.2. The SMILES string of the molecule is CCCCN(C)C(=O)C1CCC(N)C1. The van der Waals surface area contributed by atoms with Gasteiger partial charge in [-0.2, -0.15) is 0 Å². The van der Waals surface area contributed by atoms with Gasteiger partial charge in [-0.3, -0.25) is 4.79 Å². The second kappa shape index (κ2) is 5.35. The molecule has 1 aliphatic carbocycles. The van der Waals surface area contributed by atoms with Crippen LogP contribution in [0.5, 0.6) is 0 Å². The highest BCUT2D eigenvalue weighted by Gasteiger charge is 2.29. The molecule has 0 aromatic heterocycles. The molecule has 3 nitrogen and oxygen atoms in total. The summed E-state index contributed by atoms with van der Waals surface area (Å²) < 4.78 is 0. The second-order valence-electron chi connectivity index (χ2n) is 4.38. The molecular weight excluding hydrogens is 176 g/mol. The van der Waals surface area contributed by atoms with Gasteiger partial charge in [0.2, 0.25) is 5.91 Å². The molecule has 0 saturated heterocycles. The molecule has 2 unspecified atom stereocenters. The largest absolute Gasteiger partial charge is 0.346 e. The van der Waals surface area contributed by atoms with Gasteiger partial charge in [0, 0.05) is 25.6 Å². The highest BCUT2D eigenvalue weighted by molar-refractivity contribution is 5.78. The number of carbonyl (C=O) groups excluding carboxylic acids is 1. The number of hydrogen-bond donors (Lipinski definition) is 1. The minimum Gasteiger partial charge on any atom is -0.346 e. The standard InChI is InChI=1S/C11H22N2O/c1-3-4-7-13(2)11(14)9-5-6-10(12)8-9/h9-10H,3-8,12H2,1-2H3. The van der Waals surface area contributed by atoms with E-state index in [-0.39, 0.29) is 12.0 Å². The first-order valence-corrected chi connectivity index (χ1v) is 5.65. The van der Waals surface area contributed by atoms with Crippen molar-refractivity contribution in [3.05, 3.63) is 0 Å². The van der Waals surface area contributed by atoms with Crippen LogP contribution in [0.25, 0.3) is 0 Å². The summed E-state index contributed by atoms with van der Waals surface area (Å²) in [7, 11) is 1.90. The van der Waals surface area contributed by atoms with E-state index < -0.39 is 0 Å². The zero-order valence-corrected chi connectivity index (χ0v) is 9.33. The first kappa shape index (κ1) is 11.5. The Hall–Kier alpha value is -0.570. The lowest BCUT2D eigenvalue weighted by Gasteiger charge is -2.20. The van der Waals surface area contributed by atoms with Crippen molar-refractivity contribution in [3.63, 3.8) is 0 Å². The Bertz CT molecular complexity index is 194. The fourth-order valence-corrected chi connectivity index (χ4v) is 2.06. The van der Waals surface area contributed by atoms with Crippen molar-refractivity contribution in [2.24, 2.45) is 11.7 Å². The highest BCUT2D eigenvalue weighted by Crippen LogP contribution is 2.25. The normalized spacial score (nSPS) is 26.5. The summed E-state index contributed by atoms with van der Waals surface area (Å²) in [4.78, 5) is 13.7. The van der Waals surface area contributed by atoms with E-state index in [1.165, 1.54) is 0 Å². The van der Waals surface area contributed by atoms with Gasteiger partial charge in [-0.25, -0.2) is 0 Å². The van der Waals surface area contributed by atoms with E-state index >= 15 is 0 Å². The maximum absolute atomic E-state index is 11.9. The zero-order chi connectivity index (χ0) is 10.6. The number of unbranched alkanes of at least 4 members (excludes halogenated alkanes) is 1. The molecule has 0 spiro atoms. The molecule has 1 aliphatic rings. The van der Waals surface area contributed by atoms with E-state index in [2.05, 4.69) is 6.92 Å². The van der Waals surface area contributed by atoms with Crippen LogP contribution in [0, 0.1) is 5.92 Å². The number of carbonyl (C=O) groups is 1. The zero-order valence-electron chi connectivity index (χ0n) is 9.33. The average Bonchev–Trinajstić information content (AvgIpc) is 2.60. The van der Waals surface area contributed by atoms with Gasteiger partial charge >= 0.3 is 0 Å². The number of hydrogen-bond acceptors (Lipinski definition) is 2. The Morgan fingerprint density at radius 3 is 2.71 bits per heavy atom. The first-order valence-electron chi connectivity index (χ1n) is 5.65. The van der Waals surface area contributed by atoms with E-state index in [4.69, 9.17) is 5.73 Å². The molecule has 0 aromatic rings. The lowest BCUT2D eigenvalue weighted by atomic mass is 10.1. The van der Waals surface area contributed by atoms with Gasteiger partial charge in [0.25, 0.3) is 0 Å². The van der Waals surface area contributed by atoms with E-state index in [1.54, 1.807) is 0 Å². The van der Waals surface area contributed by atoms with Gasteiger partial charge < -0.3 is 10.6 Å². The van der Waals surface area contributed by atoms with E-state index in [9.17, 15) is 4.79 Å². The number of nitrogens with zero attached hydrogens (tertiary/aromatic N) is 1. The second-order valence-corrected chi connectivity index (χ2v) is 4.38. The van der Waals surface area contributed by atoms with Crippen molar-refractivity contribution >= 4 is 5.91 Å². The molecule has 1 saturated carbocycles. The minimum absolute atomic E-state index is 0.201. The molecule has 3 heteroatoms. The van der Waals surface area contributed by atoms with Gasteiger partial charge in [0.1, 0.15) is 0 Å². The predicted octanol–water partition coefficient (Wildman–Crippen LogP) is 1.37. The van der Waals surface area contributed by atoms with Crippen LogP contribution in [0.2, 0.25) is 0 Å². The quantitative estimate of drug-likeness (QED) is 0.741. The summed E-state index contributed by atoms with van der Waals surface area (Å²) in [6, 6.07) is 0.253. The lowest BCUT2D eigenvalue weighted by molar-refractivity contribution is -0.134. The molecule has 1 fully saturated rings. The molecule has 0 bridgehead atoms. The van der Waals surface area contributed by atoms with E-state index in [1.807, 2.05) is 11.9 Å². The summed E-state index contributed by atoms with van der Waals surface area (Å²) >= 11 is 0. The number of nitrogens with two attached hydrogens (primary N) is 1. The van der Waals surface area contributed by atoms with Crippen molar-refractivity contribution in [2.45, 2.75) is 45.1 Å². The van der Waals surface area contributed by atoms with Gasteiger partial charge in [-0.15, -0.1) is 0 Å². The average molecular weight is 198 g/mol. The molecule has 0 aliphatic heterocycles. The van der Waals surface area contributed by atoms with Gasteiger partial charge in [-0.1, -0.05) is 13.3 Å². The van der Waals surface area contributed by atoms with Gasteiger partial charge in [0.05, 0.1) is 0 Å². The fourth-order valence-electron chi connectivity index (χ4n) is 2.06. The van der Waals surface area contributed by atoms with Crippen molar-refractivity contribution in [1.29, 1.82) is 0 Å². The van der Waals surface area contributed by atoms with Crippen LogP contribution in [-0.4, -0.2) is 30.4 Å². The molecule has 82 valence electrons. The third kappa shape index (κ3) is 2.98. The summed E-state index contributed by atoms with van der Waals surface area (Å²) in [5.41, 5.74) is 5.79. The third-order valence-electron chi connectivity index (χ3n) is 3.05. The van der Waals surface area contributed by atoms with Crippen LogP contribution in [0.15, 0.2) is 0 Å². The van der Waals surface area contributed by atoms with Crippen LogP contribution in [-0.2, 0) is 4.79 Å². The fraction of sp³-hybridized carbons (Fsp3) is 0.909. The summed E-state index contributed by atoms with van der Waals surface area (Å²) in [5, 5.41) is 0. The van der Waals surface area contributed by atoms with Crippen molar-refractivity contribution < 1.29 is 4.79 Å². The lowest BCUT2D eigenvalue weighted by Crippen LogP contribution is -2.33. The van der Waals surface area contributed by atoms with Crippen molar-refractivity contribution in [1.82, 2.24) is 4.90 Å². The Kier molecular flexibility index (Phi) is 4.39. The van der Waals surface area contributed by atoms with E-state index in [0.29, 0.717) is 5.91 Å². The molecule has 0 radical (unpaired) electrons. The molecule has 1 amide bonds. The van der Waals surface area contributed by atoms with Crippen LogP contribution >= 0.6 is 0 Å². The third-order valence-corrected chi connectivity index (χ3v) is 3.05. The van der Waals surface area contributed by atoms with Crippen molar-refractivity contribution in [2.75, 3.05) is 13.6 Å². The topological polar surface area (TPSA) is 46.3 Å². The summed E-state index contributed by atoms with van der Waals surface area (Å²) in [5.74, 6) is 0.498. The molecule has 2 atom stereocenters. The summed E-state index contributed by atoms with van der Waals surface area (Å²) in [6.07, 6.45) is 5.12. The maximum atomic E-state index is 11.9. The molecule has 14 heavy (non-hydrogen) atoms. The number of amides is 1. The Labute approximate surface area is 86.6 Å². The molecule has 1 rings (SSSR count). The van der Waals surface area contributed by atoms with Gasteiger partial charge in [-0.05, 0) is 25.7 Å². The van der Waals surface area contributed by atoms with Crippen LogP contribution in [0.3, 0.4) is 0 Å². The van der Waals surface area contributed by atoms with E-state index in [0.717, 1.165) is 38.6 Å². The Morgan fingerprint density at radius 1 is 1.50 bits per heavy atom. The first-order chi connectivity index (χ1) is 6.65. The predicted molar refractivity (Wildman–Crippen MR) is 57.9 cm³/mol. The summed E-state index contributed by atoms with van der Waals surface area (Å²) in [6.45, 7) is 3.03. The maximum Gasteiger partial charge on any atom is 0.225 e. The minimum atomic E-state index is 0.201. The molecule has 2 N–H and O–H groups in total. The van der Waals surface area contributed by atoms with Gasteiger partial charge in [0.15, 0.2) is 0 Å². The monoisotopic (exact) mass is 198 g/mol. The van der Waals surface area contributed by atoms with Crippen LogP contribution in [0.4, 0.5) is 0 Å². The smallest absolute Gasteiger partial charge is 0.225 e.